The van der Waals surface area contributed by atoms with Gasteiger partial charge in [0.25, 0.3) is 0 Å². The summed E-state index contributed by atoms with van der Waals surface area (Å²) in [5.74, 6) is -0.359. The molecule has 1 unspecified atom stereocenters. The highest BCUT2D eigenvalue weighted by Gasteiger charge is 2.22. The summed E-state index contributed by atoms with van der Waals surface area (Å²) in [4.78, 5) is 12.3. The molecule has 0 aromatic heterocycles. The summed E-state index contributed by atoms with van der Waals surface area (Å²) in [5, 5.41) is 9.28. The number of nitriles is 1. The molecule has 4 nitrogen and oxygen atoms in total. The maximum Gasteiger partial charge on any atom is 0.323 e. The van der Waals surface area contributed by atoms with Gasteiger partial charge in [0.2, 0.25) is 0 Å². The molecule has 0 heterocycles. The van der Waals surface area contributed by atoms with Crippen molar-refractivity contribution < 1.29 is 9.53 Å². The maximum atomic E-state index is 12.3. The van der Waals surface area contributed by atoms with E-state index in [0.29, 0.717) is 5.56 Å². The van der Waals surface area contributed by atoms with Crippen LogP contribution in [-0.4, -0.2) is 12.0 Å². The number of esters is 1. The highest BCUT2D eigenvalue weighted by Crippen LogP contribution is 2.24. The second-order valence-electron chi connectivity index (χ2n) is 7.49. The molecule has 3 aromatic rings. The van der Waals surface area contributed by atoms with Crippen molar-refractivity contribution >= 4 is 5.97 Å². The number of rotatable bonds is 8. The predicted molar refractivity (Wildman–Crippen MR) is 118 cm³/mol. The maximum absolute atomic E-state index is 12.3. The molecule has 0 radical (unpaired) electrons. The number of ether oxygens (including phenoxy) is 1. The van der Waals surface area contributed by atoms with Gasteiger partial charge in [-0.15, -0.1) is 0 Å². The molecule has 0 amide bonds. The lowest BCUT2D eigenvalue weighted by Crippen LogP contribution is -2.38. The first kappa shape index (κ1) is 21.3. The van der Waals surface area contributed by atoms with Crippen LogP contribution in [0.1, 0.15) is 30.0 Å². The molecule has 152 valence electrons. The molecule has 0 aliphatic heterocycles. The summed E-state index contributed by atoms with van der Waals surface area (Å²) >= 11 is 0. The zero-order valence-electron chi connectivity index (χ0n) is 17.1. The van der Waals surface area contributed by atoms with Crippen molar-refractivity contribution in [1.82, 2.24) is 0 Å². The van der Waals surface area contributed by atoms with Crippen molar-refractivity contribution in [2.45, 2.75) is 32.4 Å². The van der Waals surface area contributed by atoms with Gasteiger partial charge < -0.3 is 10.5 Å². The van der Waals surface area contributed by atoms with Crippen LogP contribution in [-0.2, 0) is 22.6 Å². The zero-order chi connectivity index (χ0) is 21.3. The van der Waals surface area contributed by atoms with E-state index in [1.54, 1.807) is 0 Å². The van der Waals surface area contributed by atoms with Crippen LogP contribution in [0.25, 0.3) is 11.1 Å². The van der Waals surface area contributed by atoms with Gasteiger partial charge in [-0.05, 0) is 47.1 Å². The van der Waals surface area contributed by atoms with Crippen LogP contribution in [0.5, 0.6) is 0 Å². The Kier molecular flexibility index (Phi) is 7.37. The summed E-state index contributed by atoms with van der Waals surface area (Å²) in [6.07, 6.45) is 1.61. The summed E-state index contributed by atoms with van der Waals surface area (Å²) in [6, 6.07) is 26.9. The average Bonchev–Trinajstić information content (AvgIpc) is 2.81. The number of nitrogens with zero attached hydrogens (tertiary/aromatic N) is 1. The highest BCUT2D eigenvalue weighted by atomic mass is 16.5. The Morgan fingerprint density at radius 1 is 0.967 bits per heavy atom. The second kappa shape index (κ2) is 10.4. The Bertz CT molecular complexity index is 1010. The predicted octanol–water partition coefficient (Wildman–Crippen LogP) is 4.86. The van der Waals surface area contributed by atoms with E-state index in [9.17, 15) is 10.1 Å². The van der Waals surface area contributed by atoms with Crippen LogP contribution in [0, 0.1) is 17.2 Å². The minimum Gasteiger partial charge on any atom is -0.460 e. The molecule has 4 heteroatoms. The molecular weight excluding hydrogens is 372 g/mol. The van der Waals surface area contributed by atoms with E-state index < -0.39 is 6.04 Å². The number of carbonyl (C=O) groups is 1. The summed E-state index contributed by atoms with van der Waals surface area (Å²) in [5.41, 5.74) is 10.9. The monoisotopic (exact) mass is 398 g/mol. The smallest absolute Gasteiger partial charge is 0.323 e. The van der Waals surface area contributed by atoms with E-state index in [0.717, 1.165) is 29.5 Å². The lowest BCUT2D eigenvalue weighted by molar-refractivity contribution is -0.147. The standard InChI is InChI=1S/C26H26N2O2/c1-19(25(28)26(29)30-18-21-7-3-2-4-8-21)11-12-20-13-15-22(16-14-20)24-10-6-5-9-23(24)17-27/h2-10,13-16,19,25H,11-12,18,28H2,1H3/t19?,25-/m0/s1. The third kappa shape index (κ3) is 5.56. The fraction of sp³-hybridized carbons (Fsp3) is 0.231. The van der Waals surface area contributed by atoms with Gasteiger partial charge in [-0.25, -0.2) is 0 Å². The third-order valence-corrected chi connectivity index (χ3v) is 5.31. The van der Waals surface area contributed by atoms with Gasteiger partial charge >= 0.3 is 5.97 Å². The van der Waals surface area contributed by atoms with Crippen LogP contribution in [0.15, 0.2) is 78.9 Å². The molecule has 2 N–H and O–H groups in total. The van der Waals surface area contributed by atoms with Gasteiger partial charge in [0.05, 0.1) is 11.6 Å². The highest BCUT2D eigenvalue weighted by molar-refractivity contribution is 5.75. The summed E-state index contributed by atoms with van der Waals surface area (Å²) in [6.45, 7) is 2.22. The van der Waals surface area contributed by atoms with Crippen LogP contribution in [0.4, 0.5) is 0 Å². The van der Waals surface area contributed by atoms with E-state index in [-0.39, 0.29) is 18.5 Å². The van der Waals surface area contributed by atoms with Crippen molar-refractivity contribution in [2.75, 3.05) is 0 Å². The SMILES string of the molecule is CC(CCc1ccc(-c2ccccc2C#N)cc1)[C@H](N)C(=O)OCc1ccccc1. The van der Waals surface area contributed by atoms with Crippen molar-refractivity contribution in [3.05, 3.63) is 95.6 Å². The Morgan fingerprint density at radius 2 is 1.63 bits per heavy atom. The molecule has 2 atom stereocenters. The Balaban J connectivity index is 1.52. The summed E-state index contributed by atoms with van der Waals surface area (Å²) < 4.78 is 5.36. The average molecular weight is 399 g/mol. The van der Waals surface area contributed by atoms with E-state index in [2.05, 4.69) is 18.2 Å². The van der Waals surface area contributed by atoms with Crippen LogP contribution < -0.4 is 5.73 Å². The molecule has 0 fully saturated rings. The molecule has 3 aromatic carbocycles. The number of aryl methyl sites for hydroxylation is 1. The van der Waals surface area contributed by atoms with Gasteiger partial charge in [0, 0.05) is 0 Å². The van der Waals surface area contributed by atoms with Crippen molar-refractivity contribution in [2.24, 2.45) is 11.7 Å². The first-order valence-electron chi connectivity index (χ1n) is 10.1. The van der Waals surface area contributed by atoms with Crippen molar-refractivity contribution in [1.29, 1.82) is 5.26 Å². The molecule has 0 spiro atoms. The number of nitrogens with two attached hydrogens (primary N) is 1. The normalized spacial score (nSPS) is 12.6. The molecule has 0 bridgehead atoms. The van der Waals surface area contributed by atoms with Crippen LogP contribution >= 0.6 is 0 Å². The lowest BCUT2D eigenvalue weighted by Gasteiger charge is -2.18. The Morgan fingerprint density at radius 3 is 2.33 bits per heavy atom. The first-order valence-corrected chi connectivity index (χ1v) is 10.1. The quantitative estimate of drug-likeness (QED) is 0.550. The minimum atomic E-state index is -0.643. The van der Waals surface area contributed by atoms with Gasteiger partial charge in [0.1, 0.15) is 12.6 Å². The Labute approximate surface area is 177 Å². The van der Waals surface area contributed by atoms with Crippen molar-refractivity contribution in [3.8, 4) is 17.2 Å². The largest absolute Gasteiger partial charge is 0.460 e. The molecule has 0 saturated heterocycles. The molecule has 0 aliphatic rings. The van der Waals surface area contributed by atoms with E-state index in [4.69, 9.17) is 10.5 Å². The molecule has 0 saturated carbocycles. The van der Waals surface area contributed by atoms with E-state index in [1.807, 2.05) is 73.7 Å². The Hall–Kier alpha value is -3.42. The van der Waals surface area contributed by atoms with E-state index in [1.165, 1.54) is 5.56 Å². The lowest BCUT2D eigenvalue weighted by atomic mass is 9.93. The van der Waals surface area contributed by atoms with Crippen LogP contribution in [0.3, 0.4) is 0 Å². The van der Waals surface area contributed by atoms with Crippen LogP contribution in [0.2, 0.25) is 0 Å². The molecule has 3 rings (SSSR count). The fourth-order valence-corrected chi connectivity index (χ4v) is 3.31. The van der Waals surface area contributed by atoms with Crippen molar-refractivity contribution in [3.63, 3.8) is 0 Å². The van der Waals surface area contributed by atoms with Gasteiger partial charge in [-0.2, -0.15) is 5.26 Å². The third-order valence-electron chi connectivity index (χ3n) is 5.31. The second-order valence-corrected chi connectivity index (χ2v) is 7.49. The van der Waals surface area contributed by atoms with Gasteiger partial charge in [-0.3, -0.25) is 4.79 Å². The van der Waals surface area contributed by atoms with E-state index >= 15 is 0 Å². The van der Waals surface area contributed by atoms with Gasteiger partial charge in [0.15, 0.2) is 0 Å². The first-order chi connectivity index (χ1) is 14.6. The zero-order valence-corrected chi connectivity index (χ0v) is 17.1. The number of hydrogen-bond donors (Lipinski definition) is 1. The fourth-order valence-electron chi connectivity index (χ4n) is 3.31. The molecule has 0 aliphatic carbocycles. The number of benzene rings is 3. The van der Waals surface area contributed by atoms with Gasteiger partial charge in [-0.1, -0.05) is 79.7 Å². The summed E-state index contributed by atoms with van der Waals surface area (Å²) in [7, 11) is 0. The molecule has 30 heavy (non-hydrogen) atoms. The number of carbonyl (C=O) groups excluding carboxylic acids is 1. The minimum absolute atomic E-state index is 0.00673. The number of hydrogen-bond acceptors (Lipinski definition) is 4. The topological polar surface area (TPSA) is 76.1 Å². The molecular formula is C26H26N2O2.